The van der Waals surface area contributed by atoms with Crippen molar-refractivity contribution in [3.05, 3.63) is 23.4 Å². The van der Waals surface area contributed by atoms with E-state index in [0.29, 0.717) is 0 Å². The summed E-state index contributed by atoms with van der Waals surface area (Å²) in [5, 5.41) is 2.54. The largest absolute Gasteiger partial charge is 0.248 e. The first-order valence-corrected chi connectivity index (χ1v) is 5.39. The number of nitrogens with zero attached hydrogens (tertiary/aromatic N) is 1. The topological polar surface area (TPSA) is 12.9 Å². The lowest BCUT2D eigenvalue weighted by Gasteiger charge is -2.24. The lowest BCUT2D eigenvalue weighted by atomic mass is 10.0. The van der Waals surface area contributed by atoms with Gasteiger partial charge in [0.05, 0.1) is 5.02 Å². The third-order valence-corrected chi connectivity index (χ3v) is 3.83. The van der Waals surface area contributed by atoms with E-state index < -0.39 is 0 Å². The standard InChI is InChI=1S/C9H10ClNS/c10-8-5-2-6-11-9(8)12-7-3-1-4-7/h2,5-7H,1,3-4H2. The first kappa shape index (κ1) is 8.39. The van der Waals surface area contributed by atoms with Crippen LogP contribution in [0.5, 0.6) is 0 Å². The van der Waals surface area contributed by atoms with Gasteiger partial charge in [-0.25, -0.2) is 4.98 Å². The van der Waals surface area contributed by atoms with Crippen LogP contribution in [0.2, 0.25) is 5.02 Å². The summed E-state index contributed by atoms with van der Waals surface area (Å²) in [5.74, 6) is 0. The Labute approximate surface area is 81.5 Å². The average Bonchev–Trinajstić information content (AvgIpc) is 2.00. The van der Waals surface area contributed by atoms with E-state index in [9.17, 15) is 0 Å². The van der Waals surface area contributed by atoms with Crippen LogP contribution in [0.1, 0.15) is 19.3 Å². The van der Waals surface area contributed by atoms with Crippen LogP contribution >= 0.6 is 23.4 Å². The summed E-state index contributed by atoms with van der Waals surface area (Å²) < 4.78 is 0. The fraction of sp³-hybridized carbons (Fsp3) is 0.444. The Balaban J connectivity index is 2.06. The van der Waals surface area contributed by atoms with Crippen molar-refractivity contribution in [1.29, 1.82) is 0 Å². The molecule has 0 unspecified atom stereocenters. The van der Waals surface area contributed by atoms with E-state index in [2.05, 4.69) is 4.98 Å². The summed E-state index contributed by atoms with van der Waals surface area (Å²) in [5.41, 5.74) is 0. The molecule has 1 nitrogen and oxygen atoms in total. The van der Waals surface area contributed by atoms with Gasteiger partial charge in [0, 0.05) is 11.4 Å². The van der Waals surface area contributed by atoms with Gasteiger partial charge in [-0.2, -0.15) is 0 Å². The van der Waals surface area contributed by atoms with E-state index in [-0.39, 0.29) is 0 Å². The second-order valence-corrected chi connectivity index (χ2v) is 4.66. The number of aromatic nitrogens is 1. The minimum Gasteiger partial charge on any atom is -0.248 e. The molecule has 0 radical (unpaired) electrons. The highest BCUT2D eigenvalue weighted by molar-refractivity contribution is 8.00. The summed E-state index contributed by atoms with van der Waals surface area (Å²) in [6.07, 6.45) is 5.80. The maximum atomic E-state index is 5.97. The van der Waals surface area contributed by atoms with Gasteiger partial charge < -0.3 is 0 Å². The maximum absolute atomic E-state index is 5.97. The van der Waals surface area contributed by atoms with Gasteiger partial charge in [-0.3, -0.25) is 0 Å². The maximum Gasteiger partial charge on any atom is 0.115 e. The molecule has 1 saturated carbocycles. The smallest absolute Gasteiger partial charge is 0.115 e. The summed E-state index contributed by atoms with van der Waals surface area (Å²) >= 11 is 7.78. The van der Waals surface area contributed by atoms with Gasteiger partial charge in [0.25, 0.3) is 0 Å². The molecule has 0 aromatic carbocycles. The van der Waals surface area contributed by atoms with Gasteiger partial charge in [0.2, 0.25) is 0 Å². The first-order valence-electron chi connectivity index (χ1n) is 4.13. The Morgan fingerprint density at radius 2 is 2.33 bits per heavy atom. The molecular formula is C9H10ClNS. The van der Waals surface area contributed by atoms with Crippen molar-refractivity contribution < 1.29 is 0 Å². The van der Waals surface area contributed by atoms with E-state index in [1.807, 2.05) is 23.9 Å². The normalized spacial score (nSPS) is 17.4. The van der Waals surface area contributed by atoms with Gasteiger partial charge in [-0.15, -0.1) is 11.8 Å². The summed E-state index contributed by atoms with van der Waals surface area (Å²) in [7, 11) is 0. The van der Waals surface area contributed by atoms with Gasteiger partial charge in [-0.05, 0) is 25.0 Å². The van der Waals surface area contributed by atoms with Crippen molar-refractivity contribution in [2.45, 2.75) is 29.5 Å². The minimum absolute atomic E-state index is 0.761. The summed E-state index contributed by atoms with van der Waals surface area (Å²) in [4.78, 5) is 4.23. The SMILES string of the molecule is Clc1cccnc1SC1CCC1. The van der Waals surface area contributed by atoms with Crippen LogP contribution in [-0.2, 0) is 0 Å². The number of thioether (sulfide) groups is 1. The molecule has 1 fully saturated rings. The monoisotopic (exact) mass is 199 g/mol. The van der Waals surface area contributed by atoms with E-state index >= 15 is 0 Å². The lowest BCUT2D eigenvalue weighted by molar-refractivity contribution is 0.521. The predicted octanol–water partition coefficient (Wildman–Crippen LogP) is 3.38. The van der Waals surface area contributed by atoms with E-state index in [1.54, 1.807) is 6.20 Å². The molecule has 64 valence electrons. The third kappa shape index (κ3) is 1.75. The molecule has 0 spiro atoms. The van der Waals surface area contributed by atoms with Gasteiger partial charge in [0.15, 0.2) is 0 Å². The second-order valence-electron chi connectivity index (χ2n) is 2.96. The fourth-order valence-electron chi connectivity index (χ4n) is 1.10. The molecule has 0 amide bonds. The van der Waals surface area contributed by atoms with Crippen molar-refractivity contribution in [3.8, 4) is 0 Å². The Morgan fingerprint density at radius 3 is 2.92 bits per heavy atom. The van der Waals surface area contributed by atoms with Crippen molar-refractivity contribution in [1.82, 2.24) is 4.98 Å². The highest BCUT2D eigenvalue weighted by atomic mass is 35.5. The fourth-order valence-corrected chi connectivity index (χ4v) is 2.55. The van der Waals surface area contributed by atoms with Crippen molar-refractivity contribution in [2.24, 2.45) is 0 Å². The summed E-state index contributed by atoms with van der Waals surface area (Å²) in [6, 6.07) is 3.77. The lowest BCUT2D eigenvalue weighted by Crippen LogP contribution is -2.12. The molecule has 1 aliphatic carbocycles. The molecule has 0 aliphatic heterocycles. The molecule has 1 aromatic heterocycles. The molecule has 0 N–H and O–H groups in total. The molecule has 1 aromatic rings. The van der Waals surface area contributed by atoms with Crippen molar-refractivity contribution in [3.63, 3.8) is 0 Å². The highest BCUT2D eigenvalue weighted by Crippen LogP contribution is 2.37. The molecule has 3 heteroatoms. The van der Waals surface area contributed by atoms with Crippen LogP contribution in [0, 0.1) is 0 Å². The molecule has 1 heterocycles. The zero-order valence-corrected chi connectivity index (χ0v) is 8.24. The van der Waals surface area contributed by atoms with Crippen LogP contribution in [-0.4, -0.2) is 10.2 Å². The molecule has 0 bridgehead atoms. The van der Waals surface area contributed by atoms with Crippen LogP contribution in [0.3, 0.4) is 0 Å². The second kappa shape index (κ2) is 3.67. The number of rotatable bonds is 2. The van der Waals surface area contributed by atoms with Crippen LogP contribution in [0.4, 0.5) is 0 Å². The molecular weight excluding hydrogens is 190 g/mol. The van der Waals surface area contributed by atoms with Crippen LogP contribution in [0.25, 0.3) is 0 Å². The van der Waals surface area contributed by atoms with Crippen LogP contribution < -0.4 is 0 Å². The number of pyridine rings is 1. The molecule has 0 saturated heterocycles. The van der Waals surface area contributed by atoms with E-state index in [0.717, 1.165) is 15.3 Å². The quantitative estimate of drug-likeness (QED) is 0.725. The van der Waals surface area contributed by atoms with E-state index in [1.165, 1.54) is 19.3 Å². The number of hydrogen-bond donors (Lipinski definition) is 0. The highest BCUT2D eigenvalue weighted by Gasteiger charge is 2.19. The third-order valence-electron chi connectivity index (χ3n) is 2.06. The van der Waals surface area contributed by atoms with Gasteiger partial charge in [0.1, 0.15) is 5.03 Å². The Kier molecular flexibility index (Phi) is 2.57. The van der Waals surface area contributed by atoms with Crippen molar-refractivity contribution >= 4 is 23.4 Å². The number of halogens is 1. The zero-order chi connectivity index (χ0) is 8.39. The van der Waals surface area contributed by atoms with Crippen LogP contribution in [0.15, 0.2) is 23.4 Å². The van der Waals surface area contributed by atoms with Crippen molar-refractivity contribution in [2.75, 3.05) is 0 Å². The molecule has 12 heavy (non-hydrogen) atoms. The Morgan fingerprint density at radius 1 is 1.50 bits per heavy atom. The van der Waals surface area contributed by atoms with Gasteiger partial charge in [-0.1, -0.05) is 18.0 Å². The zero-order valence-electron chi connectivity index (χ0n) is 6.66. The minimum atomic E-state index is 0.761. The van der Waals surface area contributed by atoms with Gasteiger partial charge >= 0.3 is 0 Å². The molecule has 0 atom stereocenters. The molecule has 2 rings (SSSR count). The number of hydrogen-bond acceptors (Lipinski definition) is 2. The Bertz CT molecular complexity index is 273. The summed E-state index contributed by atoms with van der Waals surface area (Å²) in [6.45, 7) is 0. The predicted molar refractivity (Wildman–Crippen MR) is 52.7 cm³/mol. The molecule has 1 aliphatic rings. The average molecular weight is 200 g/mol. The van der Waals surface area contributed by atoms with E-state index in [4.69, 9.17) is 11.6 Å². The Hall–Kier alpha value is -0.210. The first-order chi connectivity index (χ1) is 5.86.